The summed E-state index contributed by atoms with van der Waals surface area (Å²) in [5.41, 5.74) is 5.35. The minimum Gasteiger partial charge on any atom is -0.378 e. The maximum atomic E-state index is 13.3. The van der Waals surface area contributed by atoms with E-state index in [1.165, 1.54) is 6.08 Å². The van der Waals surface area contributed by atoms with E-state index in [1.807, 2.05) is 80.5 Å². The number of carbonyl (C=O) groups is 3. The number of hydrogen-bond donors (Lipinski definition) is 2. The van der Waals surface area contributed by atoms with Crippen LogP contribution in [0.15, 0.2) is 115 Å². The highest BCUT2D eigenvalue weighted by Crippen LogP contribution is 2.17. The van der Waals surface area contributed by atoms with E-state index >= 15 is 0 Å². The van der Waals surface area contributed by atoms with Gasteiger partial charge in [0.25, 0.3) is 11.8 Å². The second kappa shape index (κ2) is 13.0. The van der Waals surface area contributed by atoms with E-state index in [1.54, 1.807) is 60.7 Å². The standard InChI is InChI=1S/C34H31N3O3/c1-24-8-7-9-25(22-24)14-21-32(38)27-15-17-29(18-16-27)35-34(40)31(36-33(39)28-10-5-4-6-11-28)23-26-12-19-30(20-13-26)37(2)3/h4-23H,1-3H3,(H,35,40)(H,36,39)/b21-14+,31-23-. The van der Waals surface area contributed by atoms with Crippen molar-refractivity contribution in [3.05, 3.63) is 143 Å². The molecule has 4 aromatic carbocycles. The number of hydrogen-bond acceptors (Lipinski definition) is 4. The van der Waals surface area contributed by atoms with Gasteiger partial charge in [0.2, 0.25) is 0 Å². The Labute approximate surface area is 234 Å². The summed E-state index contributed by atoms with van der Waals surface area (Å²) >= 11 is 0. The first kappa shape index (κ1) is 27.8. The normalized spacial score (nSPS) is 11.2. The number of amides is 2. The molecule has 0 aliphatic heterocycles. The number of anilines is 2. The Morgan fingerprint density at radius 3 is 2.08 bits per heavy atom. The number of nitrogens with one attached hydrogen (secondary N) is 2. The fourth-order valence-electron chi connectivity index (χ4n) is 3.94. The Balaban J connectivity index is 1.50. The molecule has 0 radical (unpaired) electrons. The summed E-state index contributed by atoms with van der Waals surface area (Å²) in [7, 11) is 3.89. The van der Waals surface area contributed by atoms with E-state index < -0.39 is 11.8 Å². The van der Waals surface area contributed by atoms with Gasteiger partial charge in [-0.1, -0.05) is 66.2 Å². The fraction of sp³-hybridized carbons (Fsp3) is 0.0882. The van der Waals surface area contributed by atoms with Crippen LogP contribution in [0.3, 0.4) is 0 Å². The number of aryl methyl sites for hydroxylation is 1. The first-order chi connectivity index (χ1) is 19.3. The van der Waals surface area contributed by atoms with Gasteiger partial charge in [-0.25, -0.2) is 0 Å². The highest BCUT2D eigenvalue weighted by molar-refractivity contribution is 6.11. The molecule has 0 heterocycles. The van der Waals surface area contributed by atoms with Gasteiger partial charge in [-0.3, -0.25) is 14.4 Å². The van der Waals surface area contributed by atoms with Gasteiger partial charge in [0, 0.05) is 36.6 Å². The second-order valence-electron chi connectivity index (χ2n) is 9.51. The zero-order valence-electron chi connectivity index (χ0n) is 22.7. The van der Waals surface area contributed by atoms with Crippen LogP contribution in [0.4, 0.5) is 11.4 Å². The fourth-order valence-corrected chi connectivity index (χ4v) is 3.94. The molecule has 0 fully saturated rings. The van der Waals surface area contributed by atoms with E-state index in [4.69, 9.17) is 0 Å². The van der Waals surface area contributed by atoms with Gasteiger partial charge in [0.1, 0.15) is 5.70 Å². The van der Waals surface area contributed by atoms with Crippen molar-refractivity contribution in [3.8, 4) is 0 Å². The van der Waals surface area contributed by atoms with Crippen LogP contribution in [0.2, 0.25) is 0 Å². The summed E-state index contributed by atoms with van der Waals surface area (Å²) in [5, 5.41) is 5.56. The molecule has 0 aliphatic carbocycles. The van der Waals surface area contributed by atoms with Crippen LogP contribution >= 0.6 is 0 Å². The van der Waals surface area contributed by atoms with Gasteiger partial charge in [-0.2, -0.15) is 0 Å². The zero-order valence-corrected chi connectivity index (χ0v) is 22.7. The van der Waals surface area contributed by atoms with Crippen molar-refractivity contribution in [2.45, 2.75) is 6.92 Å². The lowest BCUT2D eigenvalue weighted by molar-refractivity contribution is -0.113. The predicted molar refractivity (Wildman–Crippen MR) is 162 cm³/mol. The minimum absolute atomic E-state index is 0.0905. The molecule has 4 aromatic rings. The number of carbonyl (C=O) groups excluding carboxylic acids is 3. The third-order valence-electron chi connectivity index (χ3n) is 6.15. The van der Waals surface area contributed by atoms with Crippen LogP contribution in [0.25, 0.3) is 12.2 Å². The molecule has 2 amide bonds. The highest BCUT2D eigenvalue weighted by Gasteiger charge is 2.15. The Kier molecular flexibility index (Phi) is 9.05. The molecule has 6 nitrogen and oxygen atoms in total. The van der Waals surface area contributed by atoms with E-state index in [2.05, 4.69) is 10.6 Å². The molecule has 40 heavy (non-hydrogen) atoms. The molecule has 0 spiro atoms. The molecule has 0 atom stereocenters. The largest absolute Gasteiger partial charge is 0.378 e. The Morgan fingerprint density at radius 1 is 0.725 bits per heavy atom. The lowest BCUT2D eigenvalue weighted by atomic mass is 10.1. The van der Waals surface area contributed by atoms with Crippen molar-refractivity contribution in [2.24, 2.45) is 0 Å². The summed E-state index contributed by atoms with van der Waals surface area (Å²) in [5.74, 6) is -1.02. The lowest BCUT2D eigenvalue weighted by Crippen LogP contribution is -2.30. The molecule has 0 saturated carbocycles. The van der Waals surface area contributed by atoms with Crippen LogP contribution < -0.4 is 15.5 Å². The molecule has 0 aromatic heterocycles. The van der Waals surface area contributed by atoms with E-state index in [9.17, 15) is 14.4 Å². The van der Waals surface area contributed by atoms with Crippen molar-refractivity contribution in [3.63, 3.8) is 0 Å². The van der Waals surface area contributed by atoms with Crippen LogP contribution in [0.1, 0.15) is 37.4 Å². The van der Waals surface area contributed by atoms with E-state index in [0.717, 1.165) is 22.4 Å². The summed E-state index contributed by atoms with van der Waals surface area (Å²) in [6.45, 7) is 2.00. The molecule has 200 valence electrons. The summed E-state index contributed by atoms with van der Waals surface area (Å²) in [6.07, 6.45) is 4.94. The highest BCUT2D eigenvalue weighted by atomic mass is 16.2. The zero-order chi connectivity index (χ0) is 28.5. The van der Waals surface area contributed by atoms with Crippen molar-refractivity contribution in [1.82, 2.24) is 5.32 Å². The minimum atomic E-state index is -0.487. The monoisotopic (exact) mass is 529 g/mol. The van der Waals surface area contributed by atoms with Gasteiger partial charge in [-0.05, 0) is 78.7 Å². The van der Waals surface area contributed by atoms with Gasteiger partial charge in [-0.15, -0.1) is 0 Å². The number of ketones is 1. The SMILES string of the molecule is Cc1cccc(/C=C/C(=O)c2ccc(NC(=O)/C(=C/c3ccc(N(C)C)cc3)NC(=O)c3ccccc3)cc2)c1. The maximum absolute atomic E-state index is 13.3. The molecule has 0 saturated heterocycles. The molecular weight excluding hydrogens is 498 g/mol. The Bertz CT molecular complexity index is 1550. The van der Waals surface area contributed by atoms with E-state index in [0.29, 0.717) is 16.8 Å². The van der Waals surface area contributed by atoms with Crippen LogP contribution in [0.5, 0.6) is 0 Å². The predicted octanol–water partition coefficient (Wildman–Crippen LogP) is 6.37. The van der Waals surface area contributed by atoms with Crippen LogP contribution in [0, 0.1) is 6.92 Å². The van der Waals surface area contributed by atoms with Crippen LogP contribution in [-0.2, 0) is 4.79 Å². The average Bonchev–Trinajstić information content (AvgIpc) is 2.96. The topological polar surface area (TPSA) is 78.5 Å². The smallest absolute Gasteiger partial charge is 0.272 e. The van der Waals surface area contributed by atoms with Crippen molar-refractivity contribution in [1.29, 1.82) is 0 Å². The van der Waals surface area contributed by atoms with Gasteiger partial charge >= 0.3 is 0 Å². The molecule has 0 aliphatic rings. The molecule has 0 unspecified atom stereocenters. The van der Waals surface area contributed by atoms with E-state index in [-0.39, 0.29) is 11.5 Å². The average molecular weight is 530 g/mol. The quantitative estimate of drug-likeness (QED) is 0.195. The molecular formula is C34H31N3O3. The third kappa shape index (κ3) is 7.65. The number of benzene rings is 4. The molecule has 2 N–H and O–H groups in total. The van der Waals surface area contributed by atoms with Crippen LogP contribution in [-0.4, -0.2) is 31.7 Å². The third-order valence-corrected chi connectivity index (χ3v) is 6.15. The lowest BCUT2D eigenvalue weighted by Gasteiger charge is -2.13. The van der Waals surface area contributed by atoms with Gasteiger partial charge in [0.15, 0.2) is 5.78 Å². The number of nitrogens with zero attached hydrogens (tertiary/aromatic N) is 1. The molecule has 4 rings (SSSR count). The summed E-state index contributed by atoms with van der Waals surface area (Å²) in [4.78, 5) is 40.8. The van der Waals surface area contributed by atoms with Crippen molar-refractivity contribution >= 4 is 41.1 Å². The van der Waals surface area contributed by atoms with Crippen molar-refractivity contribution in [2.75, 3.05) is 24.3 Å². The second-order valence-corrected chi connectivity index (χ2v) is 9.51. The Morgan fingerprint density at radius 2 is 1.43 bits per heavy atom. The summed E-state index contributed by atoms with van der Waals surface area (Å²) in [6, 6.07) is 30.8. The first-order valence-electron chi connectivity index (χ1n) is 12.8. The number of rotatable bonds is 9. The van der Waals surface area contributed by atoms with Crippen molar-refractivity contribution < 1.29 is 14.4 Å². The summed E-state index contributed by atoms with van der Waals surface area (Å²) < 4.78 is 0. The van der Waals surface area contributed by atoms with Gasteiger partial charge < -0.3 is 15.5 Å². The molecule has 0 bridgehead atoms. The maximum Gasteiger partial charge on any atom is 0.272 e. The number of allylic oxidation sites excluding steroid dienone is 1. The van der Waals surface area contributed by atoms with Gasteiger partial charge in [0.05, 0.1) is 0 Å². The molecule has 6 heteroatoms. The Hall–Kier alpha value is -5.23. The first-order valence-corrected chi connectivity index (χ1v) is 12.8.